The van der Waals surface area contributed by atoms with Gasteiger partial charge in [0.2, 0.25) is 5.91 Å². The van der Waals surface area contributed by atoms with Crippen molar-refractivity contribution in [1.82, 2.24) is 10.6 Å². The number of hydrogen-bond acceptors (Lipinski definition) is 6. The second-order valence-corrected chi connectivity index (χ2v) is 10.3. The summed E-state index contributed by atoms with van der Waals surface area (Å²) in [5.74, 6) is 0.122. The predicted octanol–water partition coefficient (Wildman–Crippen LogP) is 0.155. The quantitative estimate of drug-likeness (QED) is 0.0611. The molecule has 0 unspecified atom stereocenters. The van der Waals surface area contributed by atoms with Crippen LogP contribution in [0.1, 0.15) is 34.8 Å². The van der Waals surface area contributed by atoms with Gasteiger partial charge in [0.25, 0.3) is 5.91 Å². The molecule has 2 aromatic heterocycles. The zero-order valence-electron chi connectivity index (χ0n) is 24.6. The first-order chi connectivity index (χ1) is 21.2. The largest absolute Gasteiger partial charge is 0.538 e. The van der Waals surface area contributed by atoms with E-state index in [1.54, 1.807) is 25.3 Å². The molecule has 5 N–H and O–H groups in total. The third-order valence-corrected chi connectivity index (χ3v) is 6.95. The van der Waals surface area contributed by atoms with Crippen LogP contribution in [0.5, 0.6) is 5.75 Å². The van der Waals surface area contributed by atoms with E-state index >= 15 is 0 Å². The highest BCUT2D eigenvalue weighted by molar-refractivity contribution is 6.59. The zero-order chi connectivity index (χ0) is 31.5. The van der Waals surface area contributed by atoms with Crippen molar-refractivity contribution in [3.05, 3.63) is 120 Å². The van der Waals surface area contributed by atoms with Crippen LogP contribution < -0.4 is 29.9 Å². The Bertz CT molecular complexity index is 1610. The van der Waals surface area contributed by atoms with Crippen LogP contribution in [0.4, 0.5) is 0 Å². The van der Waals surface area contributed by atoms with Crippen LogP contribution in [0.3, 0.4) is 0 Å². The number of aromatic nitrogens is 2. The Hall–Kier alpha value is -4.77. The Labute approximate surface area is 257 Å². The van der Waals surface area contributed by atoms with Crippen molar-refractivity contribution < 1.29 is 38.4 Å². The molecule has 0 spiro atoms. The van der Waals surface area contributed by atoms with E-state index in [1.807, 2.05) is 82.3 Å². The van der Waals surface area contributed by atoms with Gasteiger partial charge in [-0.15, -0.1) is 0 Å². The summed E-state index contributed by atoms with van der Waals surface area (Å²) in [5, 5.41) is 34.6. The number of nitrogens with one attached hydrogen (secondary N) is 2. The molecule has 0 atom stereocenters. The van der Waals surface area contributed by atoms with Gasteiger partial charge in [-0.05, 0) is 42.6 Å². The number of pyridine rings is 2. The smallest absolute Gasteiger partial charge is 0.504 e. The minimum absolute atomic E-state index is 0.217. The number of amides is 2. The lowest BCUT2D eigenvalue weighted by atomic mass is 9.77. The SMILES string of the molecule is C=C(C)C(=O)NCCCNC(=O)c1cc(-c2cc[n+](Cc3ccccc3OBO)cc2)c[n+](Cc2ccccc2B(O)O)c1. The first-order valence-electron chi connectivity index (χ1n) is 14.3. The van der Waals surface area contributed by atoms with E-state index in [2.05, 4.69) is 17.2 Å². The number of nitrogens with zero attached hydrogens (tertiary/aromatic N) is 2. The molecule has 0 bridgehead atoms. The third-order valence-electron chi connectivity index (χ3n) is 6.95. The third kappa shape index (κ3) is 8.87. The molecule has 0 radical (unpaired) electrons. The Kier molecular flexibility index (Phi) is 11.4. The molecule has 0 aliphatic carbocycles. The maximum Gasteiger partial charge on any atom is 0.504 e. The molecule has 44 heavy (non-hydrogen) atoms. The highest BCUT2D eigenvalue weighted by Crippen LogP contribution is 2.20. The molecule has 4 rings (SSSR count). The standard InChI is InChI=1S/C32H34B2N4O6/c1-23(2)31(39)35-14-7-15-36-32(40)28-18-27(21-38(22-28)19-25-8-3-5-10-29(25)34(42)43)24-12-16-37(17-13-24)20-26-9-4-6-11-30(26)44-33-41/h3-6,8-13,16-18,21-22,33,41-43H,1,7,14-15,19-20H2,2H3/p+2. The Balaban J connectivity index is 1.57. The topological polar surface area (TPSA) is 136 Å². The monoisotopic (exact) mass is 594 g/mol. The predicted molar refractivity (Wildman–Crippen MR) is 168 cm³/mol. The van der Waals surface area contributed by atoms with Crippen molar-refractivity contribution in [2.24, 2.45) is 0 Å². The van der Waals surface area contributed by atoms with Crippen LogP contribution in [-0.4, -0.2) is 54.8 Å². The van der Waals surface area contributed by atoms with E-state index < -0.39 is 14.8 Å². The first kappa shape index (κ1) is 32.2. The highest BCUT2D eigenvalue weighted by Gasteiger charge is 2.21. The van der Waals surface area contributed by atoms with Gasteiger partial charge in [0.15, 0.2) is 37.9 Å². The van der Waals surface area contributed by atoms with Crippen molar-refractivity contribution in [3.8, 4) is 16.9 Å². The second kappa shape index (κ2) is 15.6. The molecule has 4 aromatic rings. The molecule has 0 aliphatic heterocycles. The van der Waals surface area contributed by atoms with E-state index in [4.69, 9.17) is 4.65 Å². The minimum Gasteiger partial charge on any atom is -0.538 e. The fraction of sp³-hybridized carbons (Fsp3) is 0.188. The maximum atomic E-state index is 13.2. The maximum absolute atomic E-state index is 13.2. The van der Waals surface area contributed by atoms with Gasteiger partial charge in [-0.2, -0.15) is 4.57 Å². The summed E-state index contributed by atoms with van der Waals surface area (Å²) < 4.78 is 9.17. The summed E-state index contributed by atoms with van der Waals surface area (Å²) in [6, 6.07) is 20.3. The Morgan fingerprint density at radius 3 is 2.25 bits per heavy atom. The van der Waals surface area contributed by atoms with Crippen LogP contribution in [0, 0.1) is 0 Å². The summed E-state index contributed by atoms with van der Waals surface area (Å²) in [7, 11) is -2.03. The number of carbonyl (C=O) groups is 2. The Morgan fingerprint density at radius 1 is 0.886 bits per heavy atom. The number of benzene rings is 2. The zero-order valence-corrected chi connectivity index (χ0v) is 24.6. The van der Waals surface area contributed by atoms with E-state index in [0.717, 1.165) is 16.7 Å². The summed E-state index contributed by atoms with van der Waals surface area (Å²) in [5.41, 5.74) is 4.55. The molecular weight excluding hydrogens is 558 g/mol. The van der Waals surface area contributed by atoms with E-state index in [1.165, 1.54) is 0 Å². The molecule has 2 aromatic carbocycles. The molecule has 2 amide bonds. The minimum atomic E-state index is -1.62. The normalized spacial score (nSPS) is 10.5. The van der Waals surface area contributed by atoms with Crippen molar-refractivity contribution in [1.29, 1.82) is 0 Å². The molecule has 0 saturated heterocycles. The molecule has 10 nitrogen and oxygen atoms in total. The van der Waals surface area contributed by atoms with Gasteiger partial charge in [-0.1, -0.05) is 43.0 Å². The average Bonchev–Trinajstić information content (AvgIpc) is 3.02. The molecule has 2 heterocycles. The van der Waals surface area contributed by atoms with Crippen LogP contribution in [0.15, 0.2) is 104 Å². The number of rotatable bonds is 14. The van der Waals surface area contributed by atoms with E-state index in [9.17, 15) is 24.7 Å². The summed E-state index contributed by atoms with van der Waals surface area (Å²) in [6.45, 7) is 6.87. The molecule has 0 saturated carbocycles. The van der Waals surface area contributed by atoms with Crippen molar-refractivity contribution in [2.45, 2.75) is 26.4 Å². The molecule has 0 fully saturated rings. The second-order valence-electron chi connectivity index (χ2n) is 10.3. The number of hydrogen-bond donors (Lipinski definition) is 5. The molecule has 12 heteroatoms. The van der Waals surface area contributed by atoms with Crippen molar-refractivity contribution >= 4 is 32.1 Å². The van der Waals surface area contributed by atoms with Crippen LogP contribution in [-0.2, 0) is 17.9 Å². The average molecular weight is 594 g/mol. The van der Waals surface area contributed by atoms with Crippen molar-refractivity contribution in [2.75, 3.05) is 13.1 Å². The highest BCUT2D eigenvalue weighted by atomic mass is 16.5. The van der Waals surface area contributed by atoms with Gasteiger partial charge in [-0.3, -0.25) is 9.59 Å². The fourth-order valence-corrected chi connectivity index (χ4v) is 4.68. The van der Waals surface area contributed by atoms with Gasteiger partial charge >= 0.3 is 14.8 Å². The van der Waals surface area contributed by atoms with Gasteiger partial charge in [-0.25, -0.2) is 4.57 Å². The van der Waals surface area contributed by atoms with Gasteiger partial charge < -0.3 is 30.4 Å². The van der Waals surface area contributed by atoms with Crippen LogP contribution in [0.25, 0.3) is 11.1 Å². The lowest BCUT2D eigenvalue weighted by molar-refractivity contribution is -0.688. The summed E-state index contributed by atoms with van der Waals surface area (Å²) >= 11 is 0. The van der Waals surface area contributed by atoms with Crippen LogP contribution >= 0.6 is 0 Å². The molecule has 0 aliphatic rings. The van der Waals surface area contributed by atoms with Gasteiger partial charge in [0.1, 0.15) is 11.3 Å². The first-order valence-corrected chi connectivity index (χ1v) is 14.3. The lowest BCUT2D eigenvalue weighted by Gasteiger charge is -2.10. The molecule has 224 valence electrons. The number of para-hydroxylation sites is 1. The van der Waals surface area contributed by atoms with Crippen LogP contribution in [0.2, 0.25) is 0 Å². The van der Waals surface area contributed by atoms with Gasteiger partial charge in [0.05, 0.1) is 5.56 Å². The van der Waals surface area contributed by atoms with E-state index in [-0.39, 0.29) is 11.8 Å². The molecular formula is C32H36B2N4O6+2. The van der Waals surface area contributed by atoms with E-state index in [0.29, 0.717) is 60.5 Å². The number of carbonyl (C=O) groups excluding carboxylic acids is 2. The summed E-state index contributed by atoms with van der Waals surface area (Å²) in [6.07, 6.45) is 8.05. The fourth-order valence-electron chi connectivity index (χ4n) is 4.68. The van der Waals surface area contributed by atoms with Gasteiger partial charge in [0, 0.05) is 41.9 Å². The Morgan fingerprint density at radius 2 is 1.55 bits per heavy atom. The summed E-state index contributed by atoms with van der Waals surface area (Å²) in [4.78, 5) is 24.9. The lowest BCUT2D eigenvalue weighted by Crippen LogP contribution is -2.41. The van der Waals surface area contributed by atoms with Crippen molar-refractivity contribution in [3.63, 3.8) is 0 Å².